The molecule has 0 aliphatic rings. The number of benzene rings is 2. The number of aliphatic hydroxyl groups is 1. The molecule has 2 aromatic rings. The van der Waals surface area contributed by atoms with Crippen molar-refractivity contribution in [1.82, 2.24) is 5.32 Å². The van der Waals surface area contributed by atoms with Gasteiger partial charge in [-0.25, -0.2) is 0 Å². The summed E-state index contributed by atoms with van der Waals surface area (Å²) in [5, 5.41) is 13.4. The standard InChI is InChI=1S/C18H24N2O.2ClH/c19-17(13-16-9-5-2-6-10-16)18(21)14-20-12-11-15-7-3-1-4-8-15;;/h1-10,17-18,20-21H,11-14,19H2;2*1H/t17-,18+;;/m0../s1. The Labute approximate surface area is 151 Å². The first-order valence-corrected chi connectivity index (χ1v) is 7.48. The van der Waals surface area contributed by atoms with Crippen LogP contribution in [0.2, 0.25) is 0 Å². The summed E-state index contributed by atoms with van der Waals surface area (Å²) in [6, 6.07) is 20.1. The van der Waals surface area contributed by atoms with E-state index in [1.54, 1.807) is 0 Å². The molecule has 23 heavy (non-hydrogen) atoms. The molecule has 0 saturated heterocycles. The van der Waals surface area contributed by atoms with E-state index >= 15 is 0 Å². The molecule has 128 valence electrons. The fraction of sp³-hybridized carbons (Fsp3) is 0.333. The number of hydrogen-bond acceptors (Lipinski definition) is 3. The van der Waals surface area contributed by atoms with Gasteiger partial charge in [0.1, 0.15) is 0 Å². The van der Waals surface area contributed by atoms with Crippen molar-refractivity contribution >= 4 is 24.8 Å². The van der Waals surface area contributed by atoms with E-state index in [-0.39, 0.29) is 30.9 Å². The van der Waals surface area contributed by atoms with E-state index in [4.69, 9.17) is 5.73 Å². The molecule has 0 unspecified atom stereocenters. The second-order valence-corrected chi connectivity index (χ2v) is 5.36. The van der Waals surface area contributed by atoms with Crippen LogP contribution in [0.25, 0.3) is 0 Å². The third kappa shape index (κ3) is 8.35. The highest BCUT2D eigenvalue weighted by molar-refractivity contribution is 5.85. The molecule has 0 radical (unpaired) electrons. The second kappa shape index (κ2) is 12.3. The van der Waals surface area contributed by atoms with Gasteiger partial charge in [-0.15, -0.1) is 24.8 Å². The maximum Gasteiger partial charge on any atom is 0.0818 e. The number of nitrogens with one attached hydrogen (secondary N) is 1. The maximum atomic E-state index is 10.1. The van der Waals surface area contributed by atoms with Crippen molar-refractivity contribution in [1.29, 1.82) is 0 Å². The summed E-state index contributed by atoms with van der Waals surface area (Å²) in [6.07, 6.45) is 1.13. The molecule has 0 spiro atoms. The average molecular weight is 357 g/mol. The lowest BCUT2D eigenvalue weighted by atomic mass is 10.0. The van der Waals surface area contributed by atoms with E-state index in [0.29, 0.717) is 13.0 Å². The summed E-state index contributed by atoms with van der Waals surface area (Å²) in [7, 11) is 0. The summed E-state index contributed by atoms with van der Waals surface area (Å²) in [5.41, 5.74) is 8.51. The Hall–Kier alpha value is -1.10. The Bertz CT molecular complexity index is 511. The monoisotopic (exact) mass is 356 g/mol. The molecule has 4 N–H and O–H groups in total. The minimum absolute atomic E-state index is 0. The highest BCUT2D eigenvalue weighted by atomic mass is 35.5. The van der Waals surface area contributed by atoms with Crippen molar-refractivity contribution in [2.24, 2.45) is 5.73 Å². The number of aliphatic hydroxyl groups excluding tert-OH is 1. The van der Waals surface area contributed by atoms with E-state index in [9.17, 15) is 5.11 Å². The lowest BCUT2D eigenvalue weighted by Crippen LogP contribution is -2.43. The van der Waals surface area contributed by atoms with Crippen LogP contribution in [0.15, 0.2) is 60.7 Å². The third-order valence-electron chi connectivity index (χ3n) is 3.60. The summed E-state index contributed by atoms with van der Waals surface area (Å²) >= 11 is 0. The molecule has 0 fully saturated rings. The van der Waals surface area contributed by atoms with Crippen LogP contribution in [-0.4, -0.2) is 30.3 Å². The molecule has 0 saturated carbocycles. The number of halogens is 2. The van der Waals surface area contributed by atoms with Crippen molar-refractivity contribution < 1.29 is 5.11 Å². The summed E-state index contributed by atoms with van der Waals surface area (Å²) in [6.45, 7) is 1.37. The van der Waals surface area contributed by atoms with Crippen LogP contribution >= 0.6 is 24.8 Å². The molecule has 3 nitrogen and oxygen atoms in total. The van der Waals surface area contributed by atoms with Crippen LogP contribution in [0.3, 0.4) is 0 Å². The fourth-order valence-corrected chi connectivity index (χ4v) is 2.30. The lowest BCUT2D eigenvalue weighted by molar-refractivity contribution is 0.142. The highest BCUT2D eigenvalue weighted by Gasteiger charge is 2.14. The van der Waals surface area contributed by atoms with E-state index in [1.165, 1.54) is 5.56 Å². The quantitative estimate of drug-likeness (QED) is 0.637. The van der Waals surface area contributed by atoms with E-state index in [1.807, 2.05) is 48.5 Å². The average Bonchev–Trinajstić information content (AvgIpc) is 2.53. The Kier molecular flexibility index (Phi) is 11.7. The van der Waals surface area contributed by atoms with Crippen molar-refractivity contribution in [2.75, 3.05) is 13.1 Å². The van der Waals surface area contributed by atoms with Gasteiger partial charge in [-0.2, -0.15) is 0 Å². The molecule has 2 atom stereocenters. The SMILES string of the molecule is Cl.Cl.N[C@@H](Cc1ccccc1)[C@H](O)CNCCc1ccccc1. The molecule has 0 aliphatic heterocycles. The van der Waals surface area contributed by atoms with Gasteiger partial charge in [0.2, 0.25) is 0 Å². The van der Waals surface area contributed by atoms with Crippen LogP contribution in [0.1, 0.15) is 11.1 Å². The summed E-state index contributed by atoms with van der Waals surface area (Å²) in [4.78, 5) is 0. The van der Waals surface area contributed by atoms with Crippen LogP contribution in [-0.2, 0) is 12.8 Å². The Morgan fingerprint density at radius 2 is 1.39 bits per heavy atom. The molecule has 0 amide bonds. The Balaban J connectivity index is 0.00000242. The van der Waals surface area contributed by atoms with Crippen molar-refractivity contribution in [3.63, 3.8) is 0 Å². The third-order valence-corrected chi connectivity index (χ3v) is 3.60. The molecule has 0 bridgehead atoms. The molecule has 0 heterocycles. The number of hydrogen-bond donors (Lipinski definition) is 3. The largest absolute Gasteiger partial charge is 0.390 e. The van der Waals surface area contributed by atoms with Crippen LogP contribution < -0.4 is 11.1 Å². The van der Waals surface area contributed by atoms with Crippen molar-refractivity contribution in [3.8, 4) is 0 Å². The first kappa shape index (κ1) is 21.9. The summed E-state index contributed by atoms with van der Waals surface area (Å²) < 4.78 is 0. The van der Waals surface area contributed by atoms with Crippen LogP contribution in [0.5, 0.6) is 0 Å². The number of nitrogens with two attached hydrogens (primary N) is 1. The van der Waals surface area contributed by atoms with Crippen molar-refractivity contribution in [3.05, 3.63) is 71.8 Å². The van der Waals surface area contributed by atoms with Crippen molar-refractivity contribution in [2.45, 2.75) is 25.0 Å². The predicted molar refractivity (Wildman–Crippen MR) is 102 cm³/mol. The highest BCUT2D eigenvalue weighted by Crippen LogP contribution is 2.04. The normalized spacial score (nSPS) is 12.6. The minimum atomic E-state index is -0.527. The van der Waals surface area contributed by atoms with Gasteiger partial charge in [0.05, 0.1) is 6.10 Å². The van der Waals surface area contributed by atoms with Gasteiger partial charge >= 0.3 is 0 Å². The molecular weight excluding hydrogens is 331 g/mol. The first-order chi connectivity index (χ1) is 10.3. The van der Waals surface area contributed by atoms with E-state index in [2.05, 4.69) is 17.4 Å². The van der Waals surface area contributed by atoms with Gasteiger partial charge in [0.15, 0.2) is 0 Å². The summed E-state index contributed by atoms with van der Waals surface area (Å²) in [5.74, 6) is 0. The number of rotatable bonds is 8. The van der Waals surface area contributed by atoms with Gasteiger partial charge in [0.25, 0.3) is 0 Å². The van der Waals surface area contributed by atoms with Gasteiger partial charge in [-0.05, 0) is 30.5 Å². The minimum Gasteiger partial charge on any atom is -0.390 e. The molecule has 0 aromatic heterocycles. The fourth-order valence-electron chi connectivity index (χ4n) is 2.30. The predicted octanol–water partition coefficient (Wildman–Crippen LogP) is 2.59. The smallest absolute Gasteiger partial charge is 0.0818 e. The molecular formula is C18H26Cl2N2O. The lowest BCUT2D eigenvalue weighted by Gasteiger charge is -2.19. The van der Waals surface area contributed by atoms with Crippen LogP contribution in [0, 0.1) is 0 Å². The zero-order valence-electron chi connectivity index (χ0n) is 13.1. The zero-order chi connectivity index (χ0) is 14.9. The molecule has 2 rings (SSSR count). The maximum absolute atomic E-state index is 10.1. The van der Waals surface area contributed by atoms with E-state index in [0.717, 1.165) is 18.5 Å². The topological polar surface area (TPSA) is 58.3 Å². The molecule has 0 aliphatic carbocycles. The van der Waals surface area contributed by atoms with Crippen LogP contribution in [0.4, 0.5) is 0 Å². The Morgan fingerprint density at radius 1 is 0.870 bits per heavy atom. The molecule has 2 aromatic carbocycles. The zero-order valence-corrected chi connectivity index (χ0v) is 14.7. The Morgan fingerprint density at radius 3 is 1.96 bits per heavy atom. The molecule has 5 heteroatoms. The van der Waals surface area contributed by atoms with Gasteiger partial charge in [-0.1, -0.05) is 60.7 Å². The van der Waals surface area contributed by atoms with Gasteiger partial charge in [-0.3, -0.25) is 0 Å². The second-order valence-electron chi connectivity index (χ2n) is 5.36. The van der Waals surface area contributed by atoms with E-state index < -0.39 is 6.10 Å². The first-order valence-electron chi connectivity index (χ1n) is 7.48. The van der Waals surface area contributed by atoms with Gasteiger partial charge < -0.3 is 16.2 Å². The van der Waals surface area contributed by atoms with Gasteiger partial charge in [0, 0.05) is 12.6 Å².